The Hall–Kier alpha value is -1.21. The lowest BCUT2D eigenvalue weighted by Crippen LogP contribution is -2.32. The molecule has 1 aliphatic heterocycles. The van der Waals surface area contributed by atoms with Crippen molar-refractivity contribution >= 4 is 17.3 Å². The zero-order valence-electron chi connectivity index (χ0n) is 11.9. The third-order valence-corrected chi connectivity index (χ3v) is 3.97. The van der Waals surface area contributed by atoms with Crippen LogP contribution in [0.1, 0.15) is 12.0 Å². The van der Waals surface area contributed by atoms with E-state index in [0.717, 1.165) is 32.6 Å². The number of rotatable bonds is 5. The number of nitrogens with zero attached hydrogens (tertiary/aromatic N) is 3. The number of β-amino-alcohol motifs (C(OH)–C–C–N with tert-alkyl or cyclic N) is 1. The van der Waals surface area contributed by atoms with E-state index in [-0.39, 0.29) is 17.2 Å². The Bertz CT molecular complexity index is 498. The number of nitro benzene ring substituents is 1. The standard InChI is InChI=1S/C14H20ClN3O3/c15-13-3-2-12(14(10-13)18(20)21)11-17-5-1-4-16(6-7-17)8-9-19/h2-3,10,19H,1,4-9,11H2. The van der Waals surface area contributed by atoms with Crippen LogP contribution in [0.5, 0.6) is 0 Å². The lowest BCUT2D eigenvalue weighted by Gasteiger charge is -2.21. The minimum Gasteiger partial charge on any atom is -0.395 e. The number of benzene rings is 1. The molecule has 0 spiro atoms. The molecule has 0 bridgehead atoms. The molecule has 1 aromatic carbocycles. The van der Waals surface area contributed by atoms with Crippen molar-refractivity contribution in [3.8, 4) is 0 Å². The largest absolute Gasteiger partial charge is 0.395 e. The molecule has 0 saturated carbocycles. The van der Waals surface area contributed by atoms with E-state index in [4.69, 9.17) is 16.7 Å². The first-order valence-corrected chi connectivity index (χ1v) is 7.46. The topological polar surface area (TPSA) is 69.9 Å². The van der Waals surface area contributed by atoms with Crippen LogP contribution in [0.25, 0.3) is 0 Å². The molecule has 0 amide bonds. The van der Waals surface area contributed by atoms with Gasteiger partial charge in [-0.25, -0.2) is 0 Å². The highest BCUT2D eigenvalue weighted by Crippen LogP contribution is 2.24. The summed E-state index contributed by atoms with van der Waals surface area (Å²) < 4.78 is 0. The van der Waals surface area contributed by atoms with Gasteiger partial charge in [-0.05, 0) is 31.6 Å². The van der Waals surface area contributed by atoms with Gasteiger partial charge in [-0.3, -0.25) is 19.9 Å². The Morgan fingerprint density at radius 3 is 2.67 bits per heavy atom. The first-order chi connectivity index (χ1) is 10.1. The zero-order chi connectivity index (χ0) is 15.2. The summed E-state index contributed by atoms with van der Waals surface area (Å²) in [5.41, 5.74) is 0.777. The van der Waals surface area contributed by atoms with Crippen LogP contribution < -0.4 is 0 Å². The molecule has 116 valence electrons. The highest BCUT2D eigenvalue weighted by atomic mass is 35.5. The molecule has 0 aromatic heterocycles. The quantitative estimate of drug-likeness (QED) is 0.662. The van der Waals surface area contributed by atoms with Crippen molar-refractivity contribution in [1.29, 1.82) is 0 Å². The molecule has 0 unspecified atom stereocenters. The smallest absolute Gasteiger partial charge is 0.275 e. The molecule has 1 fully saturated rings. The molecule has 1 saturated heterocycles. The van der Waals surface area contributed by atoms with Gasteiger partial charge in [0.1, 0.15) is 0 Å². The molecule has 0 radical (unpaired) electrons. The molecule has 1 aromatic rings. The van der Waals surface area contributed by atoms with Gasteiger partial charge in [0, 0.05) is 42.8 Å². The molecule has 0 atom stereocenters. The van der Waals surface area contributed by atoms with Crippen molar-refractivity contribution in [2.75, 3.05) is 39.3 Å². The first kappa shape index (κ1) is 16.2. The van der Waals surface area contributed by atoms with E-state index in [9.17, 15) is 10.1 Å². The summed E-state index contributed by atoms with van der Waals surface area (Å²) in [6.45, 7) is 5.00. The van der Waals surface area contributed by atoms with Crippen LogP contribution >= 0.6 is 11.6 Å². The van der Waals surface area contributed by atoms with Crippen molar-refractivity contribution in [1.82, 2.24) is 9.80 Å². The van der Waals surface area contributed by atoms with Crippen molar-refractivity contribution in [3.05, 3.63) is 38.9 Å². The average Bonchev–Trinajstić information content (AvgIpc) is 2.67. The Morgan fingerprint density at radius 2 is 1.95 bits per heavy atom. The fraction of sp³-hybridized carbons (Fsp3) is 0.571. The maximum absolute atomic E-state index is 11.1. The van der Waals surface area contributed by atoms with Gasteiger partial charge in [-0.1, -0.05) is 11.6 Å². The van der Waals surface area contributed by atoms with Crippen LogP contribution in [0.2, 0.25) is 5.02 Å². The van der Waals surface area contributed by atoms with Crippen LogP contribution in [-0.4, -0.2) is 59.2 Å². The van der Waals surface area contributed by atoms with Gasteiger partial charge in [0.25, 0.3) is 5.69 Å². The Kier molecular flexibility index (Phi) is 5.93. The zero-order valence-corrected chi connectivity index (χ0v) is 12.6. The fourth-order valence-corrected chi connectivity index (χ4v) is 2.80. The molecule has 1 heterocycles. The van der Waals surface area contributed by atoms with Crippen molar-refractivity contribution in [2.45, 2.75) is 13.0 Å². The predicted octanol–water partition coefficient (Wildman–Crippen LogP) is 1.75. The van der Waals surface area contributed by atoms with E-state index in [2.05, 4.69) is 9.80 Å². The number of hydrogen-bond donors (Lipinski definition) is 1. The molecular formula is C14H20ClN3O3. The molecule has 1 aliphatic rings. The summed E-state index contributed by atoms with van der Waals surface area (Å²) in [5.74, 6) is 0. The third kappa shape index (κ3) is 4.64. The lowest BCUT2D eigenvalue weighted by molar-refractivity contribution is -0.385. The summed E-state index contributed by atoms with van der Waals surface area (Å²) in [5, 5.41) is 20.5. The van der Waals surface area contributed by atoms with E-state index in [1.807, 2.05) is 0 Å². The van der Waals surface area contributed by atoms with Crippen LogP contribution in [0, 0.1) is 10.1 Å². The monoisotopic (exact) mass is 313 g/mol. The van der Waals surface area contributed by atoms with E-state index >= 15 is 0 Å². The molecule has 0 aliphatic carbocycles. The summed E-state index contributed by atoms with van der Waals surface area (Å²) >= 11 is 5.84. The van der Waals surface area contributed by atoms with E-state index in [0.29, 0.717) is 23.7 Å². The van der Waals surface area contributed by atoms with Crippen molar-refractivity contribution in [3.63, 3.8) is 0 Å². The van der Waals surface area contributed by atoms with Crippen LogP contribution in [0.3, 0.4) is 0 Å². The van der Waals surface area contributed by atoms with Crippen molar-refractivity contribution in [2.24, 2.45) is 0 Å². The first-order valence-electron chi connectivity index (χ1n) is 7.08. The second-order valence-electron chi connectivity index (χ2n) is 5.23. The van der Waals surface area contributed by atoms with E-state index in [1.165, 1.54) is 6.07 Å². The molecule has 7 heteroatoms. The van der Waals surface area contributed by atoms with Crippen molar-refractivity contribution < 1.29 is 10.0 Å². The van der Waals surface area contributed by atoms with Gasteiger partial charge in [0.15, 0.2) is 0 Å². The molecule has 2 rings (SSSR count). The highest BCUT2D eigenvalue weighted by Gasteiger charge is 2.19. The minimum absolute atomic E-state index is 0.0824. The van der Waals surface area contributed by atoms with Crippen LogP contribution in [0.4, 0.5) is 5.69 Å². The predicted molar refractivity (Wildman–Crippen MR) is 81.5 cm³/mol. The number of nitro groups is 1. The maximum Gasteiger partial charge on any atom is 0.275 e. The van der Waals surface area contributed by atoms with E-state index in [1.54, 1.807) is 12.1 Å². The number of hydrogen-bond acceptors (Lipinski definition) is 5. The molecular weight excluding hydrogens is 294 g/mol. The lowest BCUT2D eigenvalue weighted by atomic mass is 10.1. The number of aliphatic hydroxyl groups is 1. The van der Waals surface area contributed by atoms with Gasteiger partial charge in [-0.15, -0.1) is 0 Å². The Morgan fingerprint density at radius 1 is 1.24 bits per heavy atom. The normalized spacial score (nSPS) is 17.6. The summed E-state index contributed by atoms with van der Waals surface area (Å²) in [4.78, 5) is 15.2. The van der Waals surface area contributed by atoms with Gasteiger partial charge >= 0.3 is 0 Å². The van der Waals surface area contributed by atoms with Gasteiger partial charge in [0.05, 0.1) is 11.5 Å². The SMILES string of the molecule is O=[N+]([O-])c1cc(Cl)ccc1CN1CCCN(CCO)CC1. The second kappa shape index (κ2) is 7.70. The molecule has 6 nitrogen and oxygen atoms in total. The van der Waals surface area contributed by atoms with Gasteiger partial charge < -0.3 is 5.11 Å². The van der Waals surface area contributed by atoms with E-state index < -0.39 is 0 Å². The maximum atomic E-state index is 11.1. The Balaban J connectivity index is 2.03. The Labute approximate surface area is 129 Å². The molecule has 21 heavy (non-hydrogen) atoms. The van der Waals surface area contributed by atoms with Gasteiger partial charge in [0.2, 0.25) is 0 Å². The summed E-state index contributed by atoms with van der Waals surface area (Å²) in [7, 11) is 0. The summed E-state index contributed by atoms with van der Waals surface area (Å²) in [6, 6.07) is 4.84. The fourth-order valence-electron chi connectivity index (χ4n) is 2.63. The third-order valence-electron chi connectivity index (χ3n) is 3.74. The number of aliphatic hydroxyl groups excluding tert-OH is 1. The van der Waals surface area contributed by atoms with Crippen LogP contribution in [-0.2, 0) is 6.54 Å². The van der Waals surface area contributed by atoms with Crippen LogP contribution in [0.15, 0.2) is 18.2 Å². The van der Waals surface area contributed by atoms with Gasteiger partial charge in [-0.2, -0.15) is 0 Å². The summed E-state index contributed by atoms with van der Waals surface area (Å²) in [6.07, 6.45) is 1.00. The second-order valence-corrected chi connectivity index (χ2v) is 5.66. The average molecular weight is 314 g/mol. The molecule has 1 N–H and O–H groups in total. The highest BCUT2D eigenvalue weighted by molar-refractivity contribution is 6.30. The number of halogens is 1. The minimum atomic E-state index is -0.378.